The van der Waals surface area contributed by atoms with Crippen molar-refractivity contribution in [2.24, 2.45) is 0 Å². The van der Waals surface area contributed by atoms with Crippen molar-refractivity contribution in [3.63, 3.8) is 0 Å². The average Bonchev–Trinajstić information content (AvgIpc) is 2.95. The molecule has 0 spiro atoms. The average molecular weight is 338 g/mol. The highest BCUT2D eigenvalue weighted by Gasteiger charge is 2.13. The van der Waals surface area contributed by atoms with Gasteiger partial charge in [0.25, 0.3) is 5.91 Å². The highest BCUT2D eigenvalue weighted by Crippen LogP contribution is 2.26. The number of amides is 1. The first kappa shape index (κ1) is 12.4. The summed E-state index contributed by atoms with van der Waals surface area (Å²) < 4.78 is 0.612. The van der Waals surface area contributed by atoms with E-state index in [1.54, 1.807) is 12.1 Å². The fourth-order valence-corrected chi connectivity index (χ4v) is 2.15. The molecule has 0 aliphatic heterocycles. The maximum absolute atomic E-state index is 11.9. The molecule has 0 atom stereocenters. The van der Waals surface area contributed by atoms with Gasteiger partial charge in [-0.2, -0.15) is 4.98 Å². The number of aromatic nitrogens is 5. The van der Waals surface area contributed by atoms with Gasteiger partial charge in [-0.1, -0.05) is 0 Å². The first-order chi connectivity index (χ1) is 9.52. The second kappa shape index (κ2) is 4.49. The molecule has 10 heteroatoms. The minimum Gasteiger partial charge on any atom is -0.366 e. The van der Waals surface area contributed by atoms with Gasteiger partial charge in [0.05, 0.1) is 16.7 Å². The Morgan fingerprint density at radius 2 is 2.00 bits per heavy atom. The number of benzene rings is 1. The van der Waals surface area contributed by atoms with Crippen LogP contribution in [-0.2, 0) is 0 Å². The number of rotatable bonds is 2. The van der Waals surface area contributed by atoms with Crippen LogP contribution in [-0.4, -0.2) is 31.1 Å². The fourth-order valence-electron chi connectivity index (χ4n) is 1.71. The molecule has 2 aromatic heterocycles. The van der Waals surface area contributed by atoms with Gasteiger partial charge in [-0.05, 0) is 28.1 Å². The third-order valence-corrected chi connectivity index (χ3v) is 3.23. The zero-order valence-electron chi connectivity index (χ0n) is 9.82. The van der Waals surface area contributed by atoms with E-state index < -0.39 is 5.91 Å². The van der Waals surface area contributed by atoms with Crippen LogP contribution in [0.15, 0.2) is 21.4 Å². The standard InChI is InChI=1S/C10H8BrN7O2/c11-3-1-5-6(15-10(20)14-5)2-4(3)13-8(19)7-16-9(12)18-17-7/h1-2H,(H,13,19)(H2,14,15,20)(H3,12,16,17,18). The van der Waals surface area contributed by atoms with E-state index in [1.165, 1.54) is 0 Å². The van der Waals surface area contributed by atoms with Gasteiger partial charge in [-0.15, -0.1) is 5.10 Å². The normalized spacial score (nSPS) is 10.8. The van der Waals surface area contributed by atoms with Crippen LogP contribution in [0.1, 0.15) is 10.6 Å². The largest absolute Gasteiger partial charge is 0.366 e. The number of halogens is 1. The Kier molecular flexibility index (Phi) is 2.79. The van der Waals surface area contributed by atoms with Crippen molar-refractivity contribution in [3.8, 4) is 0 Å². The van der Waals surface area contributed by atoms with Gasteiger partial charge in [0.15, 0.2) is 0 Å². The van der Waals surface area contributed by atoms with Gasteiger partial charge in [0.1, 0.15) is 0 Å². The molecule has 0 saturated carbocycles. The van der Waals surface area contributed by atoms with E-state index in [9.17, 15) is 9.59 Å². The second-order valence-electron chi connectivity index (χ2n) is 3.95. The van der Waals surface area contributed by atoms with Crippen LogP contribution in [0.25, 0.3) is 11.0 Å². The Balaban J connectivity index is 1.95. The van der Waals surface area contributed by atoms with Gasteiger partial charge in [0.2, 0.25) is 11.8 Å². The van der Waals surface area contributed by atoms with Gasteiger partial charge in [-0.3, -0.25) is 9.89 Å². The molecule has 0 aliphatic carbocycles. The number of carbonyl (C=O) groups excluding carboxylic acids is 1. The quantitative estimate of drug-likeness (QED) is 0.464. The Hall–Kier alpha value is -2.62. The minimum absolute atomic E-state index is 0.00272. The van der Waals surface area contributed by atoms with Crippen molar-refractivity contribution in [1.29, 1.82) is 0 Å². The van der Waals surface area contributed by atoms with Crippen molar-refractivity contribution in [1.82, 2.24) is 25.1 Å². The molecule has 0 radical (unpaired) electrons. The van der Waals surface area contributed by atoms with Gasteiger partial charge in [-0.25, -0.2) is 4.79 Å². The van der Waals surface area contributed by atoms with Crippen LogP contribution in [0, 0.1) is 0 Å². The van der Waals surface area contributed by atoms with E-state index in [2.05, 4.69) is 46.4 Å². The number of nitrogens with two attached hydrogens (primary N) is 1. The summed E-state index contributed by atoms with van der Waals surface area (Å²) >= 11 is 3.31. The van der Waals surface area contributed by atoms with E-state index in [0.29, 0.717) is 21.2 Å². The monoisotopic (exact) mass is 337 g/mol. The van der Waals surface area contributed by atoms with Gasteiger partial charge >= 0.3 is 5.69 Å². The van der Waals surface area contributed by atoms with Crippen LogP contribution in [0.3, 0.4) is 0 Å². The zero-order valence-corrected chi connectivity index (χ0v) is 11.4. The van der Waals surface area contributed by atoms with Crippen molar-refractivity contribution < 1.29 is 4.79 Å². The summed E-state index contributed by atoms with van der Waals surface area (Å²) in [5.41, 5.74) is 6.69. The lowest BCUT2D eigenvalue weighted by Crippen LogP contribution is -2.14. The molecule has 0 saturated heterocycles. The predicted molar refractivity (Wildman–Crippen MR) is 75.4 cm³/mol. The van der Waals surface area contributed by atoms with Crippen LogP contribution >= 0.6 is 15.9 Å². The molecule has 3 aromatic rings. The topological polar surface area (TPSA) is 145 Å². The molecule has 6 N–H and O–H groups in total. The van der Waals surface area contributed by atoms with E-state index in [1.807, 2.05) is 0 Å². The van der Waals surface area contributed by atoms with Crippen molar-refractivity contribution >= 4 is 44.5 Å². The third kappa shape index (κ3) is 2.16. The molecular weight excluding hydrogens is 330 g/mol. The maximum atomic E-state index is 11.9. The van der Waals surface area contributed by atoms with Gasteiger partial charge in [0, 0.05) is 4.47 Å². The number of aromatic amines is 3. The Morgan fingerprint density at radius 1 is 1.30 bits per heavy atom. The van der Waals surface area contributed by atoms with E-state index in [4.69, 9.17) is 5.73 Å². The molecule has 9 nitrogen and oxygen atoms in total. The summed E-state index contributed by atoms with van der Waals surface area (Å²) in [4.78, 5) is 32.1. The SMILES string of the molecule is Nc1n[nH]c(C(=O)Nc2cc3[nH]c(=O)[nH]c3cc2Br)n1. The third-order valence-electron chi connectivity index (χ3n) is 2.57. The van der Waals surface area contributed by atoms with Crippen molar-refractivity contribution in [3.05, 3.63) is 32.9 Å². The number of carbonyl (C=O) groups is 1. The molecule has 3 rings (SSSR count). The van der Waals surface area contributed by atoms with E-state index in [-0.39, 0.29) is 17.5 Å². The molecule has 1 amide bonds. The predicted octanol–water partition coefficient (Wildman–Crippen LogP) is 0.571. The highest BCUT2D eigenvalue weighted by atomic mass is 79.9. The molecule has 1 aromatic carbocycles. The molecule has 0 bridgehead atoms. The van der Waals surface area contributed by atoms with E-state index in [0.717, 1.165) is 0 Å². The number of nitrogens with zero attached hydrogens (tertiary/aromatic N) is 2. The summed E-state index contributed by atoms with van der Waals surface area (Å²) in [6, 6.07) is 3.30. The molecule has 2 heterocycles. The van der Waals surface area contributed by atoms with Crippen LogP contribution < -0.4 is 16.7 Å². The smallest absolute Gasteiger partial charge is 0.323 e. The molecule has 0 unspecified atom stereocenters. The maximum Gasteiger partial charge on any atom is 0.323 e. The molecular formula is C10H8BrN7O2. The first-order valence-electron chi connectivity index (χ1n) is 5.44. The summed E-state index contributed by atoms with van der Waals surface area (Å²) in [5, 5.41) is 8.61. The highest BCUT2D eigenvalue weighted by molar-refractivity contribution is 9.10. The summed E-state index contributed by atoms with van der Waals surface area (Å²) in [6.07, 6.45) is 0. The fraction of sp³-hybridized carbons (Fsp3) is 0. The molecule has 0 aliphatic rings. The van der Waals surface area contributed by atoms with Crippen molar-refractivity contribution in [2.75, 3.05) is 11.1 Å². The number of imidazole rings is 1. The molecule has 20 heavy (non-hydrogen) atoms. The minimum atomic E-state index is -0.493. The number of anilines is 2. The van der Waals surface area contributed by atoms with Crippen LogP contribution in [0.4, 0.5) is 11.6 Å². The van der Waals surface area contributed by atoms with Gasteiger partial charge < -0.3 is 21.0 Å². The first-order valence-corrected chi connectivity index (χ1v) is 6.23. The van der Waals surface area contributed by atoms with Crippen LogP contribution in [0.5, 0.6) is 0 Å². The lowest BCUT2D eigenvalue weighted by Gasteiger charge is -2.05. The number of hydrogen-bond donors (Lipinski definition) is 5. The number of fused-ring (bicyclic) bond motifs is 1. The lowest BCUT2D eigenvalue weighted by atomic mass is 10.2. The van der Waals surface area contributed by atoms with Crippen LogP contribution in [0.2, 0.25) is 0 Å². The lowest BCUT2D eigenvalue weighted by molar-refractivity contribution is 0.101. The zero-order chi connectivity index (χ0) is 14.3. The Morgan fingerprint density at radius 3 is 2.65 bits per heavy atom. The molecule has 102 valence electrons. The Bertz CT molecular complexity index is 862. The summed E-state index contributed by atoms with van der Waals surface area (Å²) in [5.74, 6) is -0.510. The molecule has 0 fully saturated rings. The number of nitrogen functional groups attached to an aromatic ring is 1. The number of hydrogen-bond acceptors (Lipinski definition) is 5. The number of H-pyrrole nitrogens is 3. The number of nitrogens with one attached hydrogen (secondary N) is 4. The Labute approximate surface area is 119 Å². The summed E-state index contributed by atoms with van der Waals surface area (Å²) in [7, 11) is 0. The second-order valence-corrected chi connectivity index (χ2v) is 4.81. The van der Waals surface area contributed by atoms with Crippen molar-refractivity contribution in [2.45, 2.75) is 0 Å². The van der Waals surface area contributed by atoms with E-state index >= 15 is 0 Å². The summed E-state index contributed by atoms with van der Waals surface area (Å²) in [6.45, 7) is 0.